The van der Waals surface area contributed by atoms with E-state index in [1.807, 2.05) is 25.7 Å². The van der Waals surface area contributed by atoms with E-state index < -0.39 is 0 Å². The highest BCUT2D eigenvalue weighted by Crippen LogP contribution is 2.33. The molecule has 4 nitrogen and oxygen atoms in total. The number of likely N-dealkylation sites (tertiary alicyclic amines) is 1. The second-order valence-corrected chi connectivity index (χ2v) is 8.85. The molecule has 3 heterocycles. The predicted molar refractivity (Wildman–Crippen MR) is 115 cm³/mol. The van der Waals surface area contributed by atoms with Gasteiger partial charge in [0.15, 0.2) is 0 Å². The molecule has 1 aliphatic rings. The molecule has 1 aliphatic heterocycles. The summed E-state index contributed by atoms with van der Waals surface area (Å²) in [7, 11) is 0. The van der Waals surface area contributed by atoms with Crippen molar-refractivity contribution in [2.75, 3.05) is 13.1 Å². The van der Waals surface area contributed by atoms with Gasteiger partial charge in [0, 0.05) is 24.2 Å². The first kappa shape index (κ1) is 19.1. The van der Waals surface area contributed by atoms with E-state index in [0.717, 1.165) is 64.5 Å². The van der Waals surface area contributed by atoms with Gasteiger partial charge in [-0.3, -0.25) is 4.79 Å². The van der Waals surface area contributed by atoms with Crippen molar-refractivity contribution < 1.29 is 4.79 Å². The van der Waals surface area contributed by atoms with Crippen LogP contribution >= 0.6 is 11.3 Å². The summed E-state index contributed by atoms with van der Waals surface area (Å²) in [5.41, 5.74) is 3.41. The van der Waals surface area contributed by atoms with Gasteiger partial charge in [0.25, 0.3) is 5.91 Å². The molecule has 2 aromatic heterocycles. The Hall–Kier alpha value is -2.27. The molecule has 1 fully saturated rings. The van der Waals surface area contributed by atoms with Crippen LogP contribution < -0.4 is 0 Å². The third kappa shape index (κ3) is 3.81. The Kier molecular flexibility index (Phi) is 5.44. The number of hydrogen-bond donors (Lipinski definition) is 0. The molecule has 1 saturated heterocycles. The van der Waals surface area contributed by atoms with Crippen LogP contribution in [0.15, 0.2) is 30.3 Å². The molecule has 1 amide bonds. The number of fused-ring (bicyclic) bond motifs is 1. The van der Waals surface area contributed by atoms with E-state index in [1.165, 1.54) is 23.3 Å². The monoisotopic (exact) mass is 393 g/mol. The molecule has 1 aromatic carbocycles. The Morgan fingerprint density at radius 3 is 2.54 bits per heavy atom. The summed E-state index contributed by atoms with van der Waals surface area (Å²) in [6.45, 7) is 7.65. The molecule has 0 unspecified atom stereocenters. The second-order valence-electron chi connectivity index (χ2n) is 7.85. The first-order valence-corrected chi connectivity index (χ1v) is 10.9. The summed E-state index contributed by atoms with van der Waals surface area (Å²) in [5.74, 6) is 1.65. The Morgan fingerprint density at radius 2 is 1.82 bits per heavy atom. The largest absolute Gasteiger partial charge is 0.338 e. The number of carbonyl (C=O) groups is 1. The van der Waals surface area contributed by atoms with E-state index in [0.29, 0.717) is 5.92 Å². The average Bonchev–Trinajstić information content (AvgIpc) is 3.03. The van der Waals surface area contributed by atoms with Crippen molar-refractivity contribution in [3.05, 3.63) is 57.9 Å². The molecule has 0 N–H and O–H groups in total. The lowest BCUT2D eigenvalue weighted by Crippen LogP contribution is -2.38. The van der Waals surface area contributed by atoms with E-state index in [-0.39, 0.29) is 5.91 Å². The minimum Gasteiger partial charge on any atom is -0.338 e. The lowest BCUT2D eigenvalue weighted by molar-refractivity contribution is 0.0691. The molecular formula is C23H27N3OS. The van der Waals surface area contributed by atoms with Gasteiger partial charge in [0.2, 0.25) is 0 Å². The third-order valence-electron chi connectivity index (χ3n) is 5.86. The fraction of sp³-hybridized carbons (Fsp3) is 0.435. The number of carbonyl (C=O) groups excluding carboxylic acids is 1. The smallest absolute Gasteiger partial charge is 0.264 e. The summed E-state index contributed by atoms with van der Waals surface area (Å²) in [6.07, 6.45) is 4.54. The number of benzene rings is 1. The van der Waals surface area contributed by atoms with Crippen molar-refractivity contribution in [3.8, 4) is 0 Å². The normalized spacial score (nSPS) is 15.3. The molecule has 3 aromatic rings. The van der Waals surface area contributed by atoms with Gasteiger partial charge >= 0.3 is 0 Å². The lowest BCUT2D eigenvalue weighted by atomic mass is 9.90. The highest BCUT2D eigenvalue weighted by atomic mass is 32.1. The van der Waals surface area contributed by atoms with E-state index in [1.54, 1.807) is 0 Å². The van der Waals surface area contributed by atoms with Crippen molar-refractivity contribution in [1.29, 1.82) is 0 Å². The van der Waals surface area contributed by atoms with E-state index in [4.69, 9.17) is 0 Å². The predicted octanol–water partition coefficient (Wildman–Crippen LogP) is 5.10. The van der Waals surface area contributed by atoms with Gasteiger partial charge in [-0.2, -0.15) is 0 Å². The third-order valence-corrected chi connectivity index (χ3v) is 7.04. The van der Waals surface area contributed by atoms with Crippen LogP contribution in [0.1, 0.15) is 51.6 Å². The van der Waals surface area contributed by atoms with Crippen LogP contribution in [-0.2, 0) is 6.42 Å². The van der Waals surface area contributed by atoms with Gasteiger partial charge in [-0.25, -0.2) is 9.97 Å². The summed E-state index contributed by atoms with van der Waals surface area (Å²) in [4.78, 5) is 26.0. The van der Waals surface area contributed by atoms with Crippen LogP contribution in [0.2, 0.25) is 0 Å². The minimum atomic E-state index is 0.166. The van der Waals surface area contributed by atoms with Crippen LogP contribution in [0.5, 0.6) is 0 Å². The highest BCUT2D eigenvalue weighted by molar-refractivity contribution is 7.20. The highest BCUT2D eigenvalue weighted by Gasteiger charge is 2.27. The van der Waals surface area contributed by atoms with E-state index in [9.17, 15) is 4.79 Å². The average molecular weight is 394 g/mol. The number of thiophene rings is 1. The molecule has 0 spiro atoms. The Labute approximate surface area is 170 Å². The zero-order chi connectivity index (χ0) is 19.7. The maximum atomic E-state index is 13.2. The van der Waals surface area contributed by atoms with Gasteiger partial charge in [-0.1, -0.05) is 30.3 Å². The fourth-order valence-corrected chi connectivity index (χ4v) is 5.51. The Morgan fingerprint density at radius 1 is 1.11 bits per heavy atom. The molecule has 146 valence electrons. The SMILES string of the molecule is Cc1nc(C)c2c(C)c(C(=O)N3CCC(CCc4ccccc4)CC3)sc2n1. The fourth-order valence-electron chi connectivity index (χ4n) is 4.26. The summed E-state index contributed by atoms with van der Waals surface area (Å²) >= 11 is 1.52. The summed E-state index contributed by atoms with van der Waals surface area (Å²) in [5, 5.41) is 1.05. The second kappa shape index (κ2) is 8.00. The van der Waals surface area contributed by atoms with Gasteiger partial charge in [-0.05, 0) is 63.5 Å². The molecule has 0 saturated carbocycles. The van der Waals surface area contributed by atoms with E-state index in [2.05, 4.69) is 40.3 Å². The molecule has 0 atom stereocenters. The van der Waals surface area contributed by atoms with Crippen molar-refractivity contribution in [3.63, 3.8) is 0 Å². The standard InChI is InChI=1S/C23H27N3OS/c1-15-20-16(2)24-17(3)25-22(20)28-21(15)23(27)26-13-11-19(12-14-26)10-9-18-7-5-4-6-8-18/h4-8,19H,9-14H2,1-3H3. The molecule has 28 heavy (non-hydrogen) atoms. The van der Waals surface area contributed by atoms with Gasteiger partial charge in [-0.15, -0.1) is 11.3 Å². The molecule has 0 aliphatic carbocycles. The number of piperidine rings is 1. The number of hydrogen-bond acceptors (Lipinski definition) is 4. The van der Waals surface area contributed by atoms with Gasteiger partial charge < -0.3 is 4.90 Å². The van der Waals surface area contributed by atoms with E-state index >= 15 is 0 Å². The van der Waals surface area contributed by atoms with Crippen LogP contribution in [0.4, 0.5) is 0 Å². The van der Waals surface area contributed by atoms with Crippen LogP contribution in [0.3, 0.4) is 0 Å². The topological polar surface area (TPSA) is 46.1 Å². The molecule has 4 rings (SSSR count). The van der Waals surface area contributed by atoms with Crippen molar-refractivity contribution in [2.45, 2.75) is 46.5 Å². The van der Waals surface area contributed by atoms with Crippen molar-refractivity contribution >= 4 is 27.5 Å². The lowest BCUT2D eigenvalue weighted by Gasteiger charge is -2.32. The first-order valence-electron chi connectivity index (χ1n) is 10.1. The molecular weight excluding hydrogens is 366 g/mol. The van der Waals surface area contributed by atoms with Crippen LogP contribution in [0.25, 0.3) is 10.2 Å². The number of nitrogens with zero attached hydrogens (tertiary/aromatic N) is 3. The minimum absolute atomic E-state index is 0.166. The Bertz CT molecular complexity index is 988. The van der Waals surface area contributed by atoms with Crippen molar-refractivity contribution in [1.82, 2.24) is 14.9 Å². The number of aryl methyl sites for hydroxylation is 4. The van der Waals surface area contributed by atoms with Crippen LogP contribution in [-0.4, -0.2) is 33.9 Å². The maximum absolute atomic E-state index is 13.2. The Balaban J connectivity index is 1.41. The maximum Gasteiger partial charge on any atom is 0.264 e. The van der Waals surface area contributed by atoms with Gasteiger partial charge in [0.05, 0.1) is 4.88 Å². The zero-order valence-corrected chi connectivity index (χ0v) is 17.7. The number of amides is 1. The first-order chi connectivity index (χ1) is 13.5. The molecule has 0 radical (unpaired) electrons. The zero-order valence-electron chi connectivity index (χ0n) is 16.9. The molecule has 0 bridgehead atoms. The summed E-state index contributed by atoms with van der Waals surface area (Å²) < 4.78 is 0. The van der Waals surface area contributed by atoms with Crippen LogP contribution in [0, 0.1) is 26.7 Å². The van der Waals surface area contributed by atoms with Gasteiger partial charge in [0.1, 0.15) is 10.7 Å². The van der Waals surface area contributed by atoms with Crippen molar-refractivity contribution in [2.24, 2.45) is 5.92 Å². The quantitative estimate of drug-likeness (QED) is 0.619. The number of rotatable bonds is 4. The number of aromatic nitrogens is 2. The molecule has 5 heteroatoms. The summed E-state index contributed by atoms with van der Waals surface area (Å²) in [6, 6.07) is 10.7.